The summed E-state index contributed by atoms with van der Waals surface area (Å²) in [5.41, 5.74) is 6.84. The van der Waals surface area contributed by atoms with Crippen molar-refractivity contribution in [1.29, 1.82) is 0 Å². The molecule has 3 aromatic heterocycles. The minimum absolute atomic E-state index is 0. The minimum Gasteiger partial charge on any atom is 0 e. The third-order valence-corrected chi connectivity index (χ3v) is 13.0. The zero-order valence-corrected chi connectivity index (χ0v) is 34.6. The van der Waals surface area contributed by atoms with Gasteiger partial charge in [-0.2, -0.15) is 0 Å². The molecule has 5 aromatic carbocycles. The molecular formula is C46H41FGeIrN2O-2. The van der Waals surface area contributed by atoms with Crippen LogP contribution in [0.3, 0.4) is 0 Å². The number of aromatic nitrogens is 2. The summed E-state index contributed by atoms with van der Waals surface area (Å²) in [4.78, 5) is 9.14. The van der Waals surface area contributed by atoms with Gasteiger partial charge in [-0.25, -0.2) is 4.39 Å². The molecule has 1 radical (unpaired) electrons. The van der Waals surface area contributed by atoms with Crippen LogP contribution >= 0.6 is 0 Å². The van der Waals surface area contributed by atoms with Crippen LogP contribution in [0.2, 0.25) is 17.3 Å². The van der Waals surface area contributed by atoms with Crippen LogP contribution in [0, 0.1) is 23.4 Å². The summed E-state index contributed by atoms with van der Waals surface area (Å²) < 4.78 is 38.0. The van der Waals surface area contributed by atoms with Crippen LogP contribution < -0.4 is 4.40 Å². The van der Waals surface area contributed by atoms with Crippen molar-refractivity contribution in [1.82, 2.24) is 9.97 Å². The first-order valence-corrected chi connectivity index (χ1v) is 24.5. The molecule has 8 aromatic rings. The molecule has 263 valence electrons. The Kier molecular flexibility index (Phi) is 10.2. The Labute approximate surface area is 324 Å². The number of nitrogens with zero attached hydrogens (tertiary/aromatic N) is 2. The van der Waals surface area contributed by atoms with E-state index in [1.54, 1.807) is 30.5 Å². The zero-order chi connectivity index (χ0) is 37.5. The van der Waals surface area contributed by atoms with Crippen molar-refractivity contribution >= 4 is 50.4 Å². The van der Waals surface area contributed by atoms with E-state index in [1.807, 2.05) is 57.2 Å². The van der Waals surface area contributed by atoms with Crippen molar-refractivity contribution in [2.45, 2.75) is 44.4 Å². The topological polar surface area (TPSA) is 38.9 Å². The van der Waals surface area contributed by atoms with E-state index in [9.17, 15) is 4.39 Å². The van der Waals surface area contributed by atoms with Gasteiger partial charge in [0.1, 0.15) is 11.4 Å². The molecule has 0 atom stereocenters. The van der Waals surface area contributed by atoms with E-state index in [0.717, 1.165) is 44.3 Å². The van der Waals surface area contributed by atoms with E-state index in [-0.39, 0.29) is 25.9 Å². The molecule has 0 aliphatic rings. The predicted octanol–water partition coefficient (Wildman–Crippen LogP) is 12.1. The first kappa shape index (κ1) is 34.7. The summed E-state index contributed by atoms with van der Waals surface area (Å²) in [7, 11) is 0. The van der Waals surface area contributed by atoms with Gasteiger partial charge in [0.25, 0.3) is 0 Å². The third-order valence-electron chi connectivity index (χ3n) is 8.74. The molecule has 0 unspecified atom stereocenters. The van der Waals surface area contributed by atoms with Gasteiger partial charge in [0.15, 0.2) is 0 Å². The number of pyridine rings is 2. The van der Waals surface area contributed by atoms with E-state index in [1.165, 1.54) is 27.3 Å². The standard InChI is InChI=1S/C28H23FNO.C18H18GeN.Ir/c1-28(2,3)17-18-12-13-30-25(14-18)21-7-11-24-23-10-6-20(15-26(23)31-27(24)16-21)19-4-8-22(29)9-5-19;1-19(2,3)15-11-12-18(20-13-15)17-10-6-8-14-7-4-5-9-16(14)17;/h4-6,8-16H,17H2,1-3H3;4-9,11-13H,1-3H3;/q2*-1;/i17D2;;. The Morgan fingerprint density at radius 2 is 1.50 bits per heavy atom. The van der Waals surface area contributed by atoms with Crippen LogP contribution in [0.15, 0.2) is 132 Å². The summed E-state index contributed by atoms with van der Waals surface area (Å²) in [5.74, 6) is 6.90. The fraction of sp³-hybridized carbons (Fsp3) is 0.174. The summed E-state index contributed by atoms with van der Waals surface area (Å²) in [5, 5.41) is 4.37. The van der Waals surface area contributed by atoms with Gasteiger partial charge in [-0.3, -0.25) is 0 Å². The maximum absolute atomic E-state index is 13.3. The smallest absolute Gasteiger partial charge is 0 e. The van der Waals surface area contributed by atoms with Crippen molar-refractivity contribution in [3.05, 3.63) is 151 Å². The van der Waals surface area contributed by atoms with Gasteiger partial charge in [0, 0.05) is 29.0 Å². The number of halogens is 1. The van der Waals surface area contributed by atoms with Crippen LogP contribution in [0.4, 0.5) is 4.39 Å². The molecule has 3 heterocycles. The van der Waals surface area contributed by atoms with Crippen molar-refractivity contribution in [2.75, 3.05) is 0 Å². The molecular weight excluding hydrogens is 880 g/mol. The van der Waals surface area contributed by atoms with Gasteiger partial charge in [0.2, 0.25) is 0 Å². The van der Waals surface area contributed by atoms with Crippen molar-refractivity contribution in [2.24, 2.45) is 5.41 Å². The Morgan fingerprint density at radius 1 is 0.750 bits per heavy atom. The molecule has 52 heavy (non-hydrogen) atoms. The van der Waals surface area contributed by atoms with Crippen LogP contribution in [-0.2, 0) is 26.5 Å². The molecule has 0 bridgehead atoms. The first-order valence-electron chi connectivity index (χ1n) is 18.2. The molecule has 0 aliphatic carbocycles. The third kappa shape index (κ3) is 8.44. The van der Waals surface area contributed by atoms with Gasteiger partial charge in [-0.1, -0.05) is 68.1 Å². The van der Waals surface area contributed by atoms with Crippen molar-refractivity contribution < 1.29 is 31.7 Å². The van der Waals surface area contributed by atoms with E-state index >= 15 is 0 Å². The summed E-state index contributed by atoms with van der Waals surface area (Å²) in [6.45, 7) is 5.67. The number of hydrogen-bond acceptors (Lipinski definition) is 3. The summed E-state index contributed by atoms with van der Waals surface area (Å²) >= 11 is -1.78. The predicted molar refractivity (Wildman–Crippen MR) is 213 cm³/mol. The molecule has 8 rings (SSSR count). The number of hydrogen-bond donors (Lipinski definition) is 0. The van der Waals surface area contributed by atoms with E-state index in [0.29, 0.717) is 16.8 Å². The molecule has 0 amide bonds. The van der Waals surface area contributed by atoms with Gasteiger partial charge in [-0.05, 0) is 58.3 Å². The Hall–Kier alpha value is -4.42. The second kappa shape index (κ2) is 15.3. The molecule has 6 heteroatoms. The number of benzene rings is 5. The molecule has 0 saturated heterocycles. The second-order valence-electron chi connectivity index (χ2n) is 14.9. The fourth-order valence-corrected chi connectivity index (χ4v) is 8.30. The van der Waals surface area contributed by atoms with E-state index in [4.69, 9.17) is 7.16 Å². The Bertz CT molecular complexity index is 2570. The van der Waals surface area contributed by atoms with Crippen molar-refractivity contribution in [3.63, 3.8) is 0 Å². The zero-order valence-electron chi connectivity index (χ0n) is 32.1. The van der Waals surface area contributed by atoms with E-state index in [2.05, 4.69) is 88.0 Å². The Balaban J connectivity index is 0.000000203. The number of fused-ring (bicyclic) bond motifs is 4. The largest absolute Gasteiger partial charge is 0 e. The first-order chi connectivity index (χ1) is 25.2. The molecule has 3 nitrogen and oxygen atoms in total. The second-order valence-corrected chi connectivity index (χ2v) is 25.5. The maximum Gasteiger partial charge on any atom is 0 e. The van der Waals surface area contributed by atoms with Gasteiger partial charge in [-0.15, -0.1) is 17.7 Å². The van der Waals surface area contributed by atoms with E-state index < -0.39 is 25.1 Å². The normalized spacial score (nSPS) is 12.5. The average Bonchev–Trinajstić information content (AvgIpc) is 3.52. The van der Waals surface area contributed by atoms with Crippen LogP contribution in [-0.4, -0.2) is 23.2 Å². The quantitative estimate of drug-likeness (QED) is 0.128. The summed E-state index contributed by atoms with van der Waals surface area (Å²) in [6, 6.07) is 43.2. The molecule has 0 spiro atoms. The van der Waals surface area contributed by atoms with Gasteiger partial charge >= 0.3 is 123 Å². The minimum atomic E-state index is -1.78. The average molecular weight is 924 g/mol. The van der Waals surface area contributed by atoms with Crippen LogP contribution in [0.25, 0.3) is 66.4 Å². The summed E-state index contributed by atoms with van der Waals surface area (Å²) in [6.07, 6.45) is 2.19. The van der Waals surface area contributed by atoms with Gasteiger partial charge in [0.05, 0.1) is 5.58 Å². The van der Waals surface area contributed by atoms with Crippen LogP contribution in [0.1, 0.15) is 29.1 Å². The monoisotopic (exact) mass is 925 g/mol. The van der Waals surface area contributed by atoms with Crippen molar-refractivity contribution in [3.8, 4) is 33.6 Å². The number of rotatable bonds is 5. The Morgan fingerprint density at radius 3 is 2.23 bits per heavy atom. The van der Waals surface area contributed by atoms with Gasteiger partial charge < -0.3 is 9.40 Å². The van der Waals surface area contributed by atoms with Crippen LogP contribution in [0.5, 0.6) is 0 Å². The number of furan rings is 1. The molecule has 0 N–H and O–H groups in total. The molecule has 0 aliphatic heterocycles. The SMILES string of the molecule is [2H]C([2H])(c1ccnc(-c2[c-]cc3c(c2)oc2cc(-c4ccc(F)cc4)ccc23)c1)C(C)(C)C.[CH3][Ge]([CH3])([CH3])[c]1ccc(-c2[c-]ccc3ccccc23)nc1.[Ir]. The maximum atomic E-state index is 13.3. The molecule has 0 fully saturated rings. The fourth-order valence-electron chi connectivity index (χ4n) is 6.13. The molecule has 0 saturated carbocycles.